The second-order valence-corrected chi connectivity index (χ2v) is 6.08. The van der Waals surface area contributed by atoms with Gasteiger partial charge in [-0.15, -0.1) is 0 Å². The SMILES string of the molecule is CCOC(=O)[C@H](CC/C=C/c1ccccc1)N1CCC[C@@H]1C(=O)OC. The van der Waals surface area contributed by atoms with Gasteiger partial charge in [-0.3, -0.25) is 14.5 Å². The Morgan fingerprint density at radius 3 is 2.76 bits per heavy atom. The number of rotatable bonds is 8. The molecule has 0 spiro atoms. The fraction of sp³-hybridized carbons (Fsp3) is 0.500. The molecule has 1 aromatic rings. The summed E-state index contributed by atoms with van der Waals surface area (Å²) in [6.07, 6.45) is 7.07. The lowest BCUT2D eigenvalue weighted by atomic mass is 10.1. The van der Waals surface area contributed by atoms with Crippen molar-refractivity contribution in [3.63, 3.8) is 0 Å². The summed E-state index contributed by atoms with van der Waals surface area (Å²) in [6, 6.07) is 9.28. The van der Waals surface area contributed by atoms with Gasteiger partial charge >= 0.3 is 11.9 Å². The van der Waals surface area contributed by atoms with Gasteiger partial charge in [0.1, 0.15) is 12.1 Å². The fourth-order valence-corrected chi connectivity index (χ4v) is 3.25. The minimum Gasteiger partial charge on any atom is -0.468 e. The maximum absolute atomic E-state index is 12.4. The third-order valence-corrected chi connectivity index (χ3v) is 4.44. The molecule has 136 valence electrons. The third-order valence-electron chi connectivity index (χ3n) is 4.44. The summed E-state index contributed by atoms with van der Waals surface area (Å²) in [5.74, 6) is -0.530. The lowest BCUT2D eigenvalue weighted by Crippen LogP contribution is -2.48. The molecule has 5 heteroatoms. The van der Waals surface area contributed by atoms with E-state index in [9.17, 15) is 9.59 Å². The average molecular weight is 345 g/mol. The van der Waals surface area contributed by atoms with Crippen molar-refractivity contribution >= 4 is 18.0 Å². The van der Waals surface area contributed by atoms with Crippen molar-refractivity contribution in [2.24, 2.45) is 0 Å². The first-order valence-electron chi connectivity index (χ1n) is 8.89. The van der Waals surface area contributed by atoms with Gasteiger partial charge in [0.25, 0.3) is 0 Å². The Bertz CT molecular complexity index is 585. The Hall–Kier alpha value is -2.14. The summed E-state index contributed by atoms with van der Waals surface area (Å²) in [4.78, 5) is 26.3. The van der Waals surface area contributed by atoms with Gasteiger partial charge in [0.05, 0.1) is 13.7 Å². The summed E-state index contributed by atoms with van der Waals surface area (Å²) < 4.78 is 10.1. The van der Waals surface area contributed by atoms with E-state index in [1.54, 1.807) is 6.92 Å². The van der Waals surface area contributed by atoms with Crippen LogP contribution in [-0.4, -0.2) is 49.2 Å². The summed E-state index contributed by atoms with van der Waals surface area (Å²) in [6.45, 7) is 2.85. The molecule has 0 saturated carbocycles. The molecule has 0 amide bonds. The van der Waals surface area contributed by atoms with Crippen LogP contribution >= 0.6 is 0 Å². The number of carbonyl (C=O) groups is 2. The van der Waals surface area contributed by atoms with E-state index in [2.05, 4.69) is 6.08 Å². The van der Waals surface area contributed by atoms with Gasteiger partial charge in [0.15, 0.2) is 0 Å². The first-order chi connectivity index (χ1) is 12.2. The molecule has 1 aromatic carbocycles. The zero-order valence-electron chi connectivity index (χ0n) is 15.0. The molecule has 1 aliphatic rings. The summed E-state index contributed by atoms with van der Waals surface area (Å²) in [5, 5.41) is 0. The minimum atomic E-state index is -0.410. The first-order valence-corrected chi connectivity index (χ1v) is 8.89. The molecule has 0 aliphatic carbocycles. The number of esters is 2. The monoisotopic (exact) mass is 345 g/mol. The summed E-state index contributed by atoms with van der Waals surface area (Å²) in [5.41, 5.74) is 1.13. The van der Waals surface area contributed by atoms with Crippen molar-refractivity contribution in [3.05, 3.63) is 42.0 Å². The van der Waals surface area contributed by atoms with Crippen LogP contribution in [0.1, 0.15) is 38.2 Å². The van der Waals surface area contributed by atoms with E-state index >= 15 is 0 Å². The summed E-state index contributed by atoms with van der Waals surface area (Å²) >= 11 is 0. The molecular weight excluding hydrogens is 318 g/mol. The lowest BCUT2D eigenvalue weighted by molar-refractivity contribution is -0.154. The first kappa shape index (κ1) is 19.2. The Morgan fingerprint density at radius 1 is 1.32 bits per heavy atom. The Morgan fingerprint density at radius 2 is 2.08 bits per heavy atom. The third kappa shape index (κ3) is 5.43. The minimum absolute atomic E-state index is 0.258. The molecule has 5 nitrogen and oxygen atoms in total. The van der Waals surface area contributed by atoms with Gasteiger partial charge in [-0.05, 0) is 44.7 Å². The molecule has 1 saturated heterocycles. The molecule has 2 atom stereocenters. The van der Waals surface area contributed by atoms with E-state index in [-0.39, 0.29) is 18.0 Å². The number of likely N-dealkylation sites (tertiary alicyclic amines) is 1. The quantitative estimate of drug-likeness (QED) is 0.678. The van der Waals surface area contributed by atoms with Crippen molar-refractivity contribution in [2.75, 3.05) is 20.3 Å². The van der Waals surface area contributed by atoms with Crippen molar-refractivity contribution in [2.45, 2.75) is 44.7 Å². The van der Waals surface area contributed by atoms with Gasteiger partial charge in [0.2, 0.25) is 0 Å². The lowest BCUT2D eigenvalue weighted by Gasteiger charge is -2.29. The van der Waals surface area contributed by atoms with Crippen LogP contribution in [0.15, 0.2) is 36.4 Å². The van der Waals surface area contributed by atoms with Gasteiger partial charge in [-0.25, -0.2) is 0 Å². The van der Waals surface area contributed by atoms with Crippen LogP contribution in [0.25, 0.3) is 6.08 Å². The molecule has 0 bridgehead atoms. The number of nitrogens with zero attached hydrogens (tertiary/aromatic N) is 1. The topological polar surface area (TPSA) is 55.8 Å². The van der Waals surface area contributed by atoms with Crippen LogP contribution in [-0.2, 0) is 19.1 Å². The van der Waals surface area contributed by atoms with Crippen LogP contribution in [0.4, 0.5) is 0 Å². The molecule has 1 heterocycles. The van der Waals surface area contributed by atoms with Crippen LogP contribution < -0.4 is 0 Å². The molecular formula is C20H27NO4. The largest absolute Gasteiger partial charge is 0.468 e. The van der Waals surface area contributed by atoms with E-state index < -0.39 is 6.04 Å². The standard InChI is InChI=1S/C20H27NO4/c1-3-25-20(23)18(21-15-9-14-17(21)19(22)24-2)13-8-7-12-16-10-5-4-6-11-16/h4-7,10-12,17-18H,3,8-9,13-15H2,1-2H3/b12-7+/t17-,18+/m1/s1. The van der Waals surface area contributed by atoms with E-state index in [1.807, 2.05) is 41.3 Å². The molecule has 0 unspecified atom stereocenters. The van der Waals surface area contributed by atoms with Crippen LogP contribution in [0.5, 0.6) is 0 Å². The van der Waals surface area contributed by atoms with E-state index in [1.165, 1.54) is 7.11 Å². The van der Waals surface area contributed by atoms with Crippen LogP contribution in [0, 0.1) is 0 Å². The van der Waals surface area contributed by atoms with Crippen molar-refractivity contribution in [1.82, 2.24) is 4.90 Å². The van der Waals surface area contributed by atoms with E-state index in [0.717, 1.165) is 24.8 Å². The number of allylic oxidation sites excluding steroid dienone is 1. The predicted molar refractivity (Wildman–Crippen MR) is 96.9 cm³/mol. The van der Waals surface area contributed by atoms with Crippen LogP contribution in [0.2, 0.25) is 0 Å². The molecule has 0 aromatic heterocycles. The van der Waals surface area contributed by atoms with Crippen molar-refractivity contribution in [1.29, 1.82) is 0 Å². The second-order valence-electron chi connectivity index (χ2n) is 6.08. The van der Waals surface area contributed by atoms with E-state index in [0.29, 0.717) is 19.6 Å². The fourth-order valence-electron chi connectivity index (χ4n) is 3.25. The highest BCUT2D eigenvalue weighted by atomic mass is 16.5. The van der Waals surface area contributed by atoms with Gasteiger partial charge in [0, 0.05) is 0 Å². The highest BCUT2D eigenvalue weighted by molar-refractivity contribution is 5.80. The molecule has 0 radical (unpaired) electrons. The van der Waals surface area contributed by atoms with E-state index in [4.69, 9.17) is 9.47 Å². The van der Waals surface area contributed by atoms with Crippen molar-refractivity contribution < 1.29 is 19.1 Å². The Balaban J connectivity index is 2.01. The van der Waals surface area contributed by atoms with Gasteiger partial charge < -0.3 is 9.47 Å². The zero-order chi connectivity index (χ0) is 18.1. The Labute approximate surface area is 149 Å². The molecule has 1 aliphatic heterocycles. The zero-order valence-corrected chi connectivity index (χ0v) is 15.0. The average Bonchev–Trinajstić information content (AvgIpc) is 3.11. The maximum atomic E-state index is 12.4. The number of hydrogen-bond donors (Lipinski definition) is 0. The number of methoxy groups -OCH3 is 1. The smallest absolute Gasteiger partial charge is 0.323 e. The van der Waals surface area contributed by atoms with Crippen molar-refractivity contribution in [3.8, 4) is 0 Å². The normalized spacial score (nSPS) is 19.0. The maximum Gasteiger partial charge on any atom is 0.323 e. The number of carbonyl (C=O) groups excluding carboxylic acids is 2. The Kier molecular flexibility index (Phi) is 7.67. The highest BCUT2D eigenvalue weighted by Gasteiger charge is 2.39. The molecule has 1 fully saturated rings. The predicted octanol–water partition coefficient (Wildman–Crippen LogP) is 3.05. The number of hydrogen-bond acceptors (Lipinski definition) is 5. The molecule has 2 rings (SSSR count). The van der Waals surface area contributed by atoms with Gasteiger partial charge in [-0.2, -0.15) is 0 Å². The number of benzene rings is 1. The molecule has 25 heavy (non-hydrogen) atoms. The summed E-state index contributed by atoms with van der Waals surface area (Å²) in [7, 11) is 1.39. The van der Waals surface area contributed by atoms with Gasteiger partial charge in [-0.1, -0.05) is 42.5 Å². The number of ether oxygens (including phenoxy) is 2. The second kappa shape index (κ2) is 9.99. The highest BCUT2D eigenvalue weighted by Crippen LogP contribution is 2.24. The van der Waals surface area contributed by atoms with Crippen LogP contribution in [0.3, 0.4) is 0 Å². The molecule has 0 N–H and O–H groups in total.